The van der Waals surface area contributed by atoms with Crippen LogP contribution >= 0.6 is 0 Å². The molecule has 2 nitrogen and oxygen atoms in total. The summed E-state index contributed by atoms with van der Waals surface area (Å²) >= 11 is 0. The van der Waals surface area contributed by atoms with Gasteiger partial charge in [0.25, 0.3) is 5.91 Å². The predicted octanol–water partition coefficient (Wildman–Crippen LogP) is 6.87. The van der Waals surface area contributed by atoms with E-state index < -0.39 is 0 Å². The Morgan fingerprint density at radius 1 is 0.750 bits per heavy atom. The Morgan fingerprint density at radius 3 is 1.91 bits per heavy atom. The van der Waals surface area contributed by atoms with Crippen molar-refractivity contribution < 1.29 is 9.18 Å². The molecule has 4 fully saturated rings. The summed E-state index contributed by atoms with van der Waals surface area (Å²) in [6.07, 6.45) is 7.88. The number of hydrogen-bond donors (Lipinski definition) is 1. The third kappa shape index (κ3) is 3.26. The van der Waals surface area contributed by atoms with Gasteiger partial charge in [0.15, 0.2) is 0 Å². The second-order valence-electron chi connectivity index (χ2n) is 10.4. The van der Waals surface area contributed by atoms with Crippen molar-refractivity contribution in [3.05, 3.63) is 101 Å². The van der Waals surface area contributed by atoms with Crippen molar-refractivity contribution in [1.82, 2.24) is 0 Å². The number of carbonyl (C=O) groups is 1. The summed E-state index contributed by atoms with van der Waals surface area (Å²) in [6.45, 7) is 0. The highest BCUT2D eigenvalue weighted by molar-refractivity contribution is 6.04. The van der Waals surface area contributed by atoms with Gasteiger partial charge < -0.3 is 5.32 Å². The SMILES string of the molecule is O=C(Nc1ccc(C23C[C@@H]4C[C@H](CC(c5ccccc5)(C4)C2)C3)cc1)c1ccc(F)cc1. The van der Waals surface area contributed by atoms with Gasteiger partial charge in [-0.25, -0.2) is 4.39 Å². The lowest BCUT2D eigenvalue weighted by Crippen LogP contribution is -2.55. The predicted molar refractivity (Wildman–Crippen MR) is 125 cm³/mol. The number of rotatable bonds is 4. The van der Waals surface area contributed by atoms with Gasteiger partial charge in [0.05, 0.1) is 0 Å². The molecule has 0 aliphatic heterocycles. The van der Waals surface area contributed by atoms with Crippen LogP contribution in [0.1, 0.15) is 60.0 Å². The van der Waals surface area contributed by atoms with Crippen LogP contribution in [-0.2, 0) is 10.8 Å². The van der Waals surface area contributed by atoms with Crippen LogP contribution in [0.25, 0.3) is 0 Å². The number of carbonyl (C=O) groups excluding carboxylic acids is 1. The lowest BCUT2D eigenvalue weighted by atomic mass is 9.42. The van der Waals surface area contributed by atoms with E-state index in [1.807, 2.05) is 12.1 Å². The minimum absolute atomic E-state index is 0.212. The molecule has 2 atom stereocenters. The molecule has 1 amide bonds. The third-order valence-electron chi connectivity index (χ3n) is 8.31. The summed E-state index contributed by atoms with van der Waals surface area (Å²) in [6, 6.07) is 25.4. The van der Waals surface area contributed by atoms with E-state index in [0.717, 1.165) is 17.5 Å². The Kier molecular flexibility index (Phi) is 4.50. The number of hydrogen-bond acceptors (Lipinski definition) is 1. The molecular weight excluding hydrogens is 397 g/mol. The molecule has 0 unspecified atom stereocenters. The van der Waals surface area contributed by atoms with Gasteiger partial charge in [0.2, 0.25) is 0 Å². The van der Waals surface area contributed by atoms with E-state index in [-0.39, 0.29) is 17.1 Å². The van der Waals surface area contributed by atoms with E-state index in [1.54, 1.807) is 0 Å². The van der Waals surface area contributed by atoms with Gasteiger partial charge in [0.1, 0.15) is 5.82 Å². The first-order chi connectivity index (χ1) is 15.5. The van der Waals surface area contributed by atoms with Crippen molar-refractivity contribution >= 4 is 11.6 Å². The molecule has 162 valence electrons. The maximum absolute atomic E-state index is 13.1. The molecule has 7 rings (SSSR count). The van der Waals surface area contributed by atoms with Gasteiger partial charge in [-0.2, -0.15) is 0 Å². The molecule has 0 spiro atoms. The minimum Gasteiger partial charge on any atom is -0.322 e. The van der Waals surface area contributed by atoms with E-state index >= 15 is 0 Å². The number of amides is 1. The Labute approximate surface area is 188 Å². The van der Waals surface area contributed by atoms with E-state index in [1.165, 1.54) is 73.9 Å². The molecule has 1 N–H and O–H groups in total. The summed E-state index contributed by atoms with van der Waals surface area (Å²) < 4.78 is 13.1. The molecule has 0 saturated heterocycles. The van der Waals surface area contributed by atoms with Crippen LogP contribution in [0.2, 0.25) is 0 Å². The lowest BCUT2D eigenvalue weighted by Gasteiger charge is -2.62. The zero-order chi connectivity index (χ0) is 21.8. The zero-order valence-corrected chi connectivity index (χ0v) is 18.2. The summed E-state index contributed by atoms with van der Waals surface area (Å²) in [7, 11) is 0. The van der Waals surface area contributed by atoms with E-state index in [2.05, 4.69) is 47.8 Å². The van der Waals surface area contributed by atoms with Crippen molar-refractivity contribution in [3.63, 3.8) is 0 Å². The number of nitrogens with one attached hydrogen (secondary N) is 1. The van der Waals surface area contributed by atoms with Crippen LogP contribution < -0.4 is 5.32 Å². The Balaban J connectivity index is 1.26. The zero-order valence-electron chi connectivity index (χ0n) is 18.2. The van der Waals surface area contributed by atoms with Gasteiger partial charge in [-0.1, -0.05) is 42.5 Å². The number of anilines is 1. The number of benzene rings is 3. The molecule has 3 aromatic rings. The topological polar surface area (TPSA) is 29.1 Å². The van der Waals surface area contributed by atoms with E-state index in [0.29, 0.717) is 11.0 Å². The molecule has 4 aliphatic rings. The Morgan fingerprint density at radius 2 is 1.31 bits per heavy atom. The second kappa shape index (κ2) is 7.30. The fourth-order valence-corrected chi connectivity index (χ4v) is 7.44. The first-order valence-electron chi connectivity index (χ1n) is 11.8. The van der Waals surface area contributed by atoms with Crippen molar-refractivity contribution in [1.29, 1.82) is 0 Å². The van der Waals surface area contributed by atoms with Crippen molar-refractivity contribution in [3.8, 4) is 0 Å². The average molecular weight is 426 g/mol. The molecule has 0 heterocycles. The van der Waals surface area contributed by atoms with Crippen molar-refractivity contribution in [2.24, 2.45) is 11.8 Å². The highest BCUT2D eigenvalue weighted by Gasteiger charge is 2.58. The van der Waals surface area contributed by atoms with Crippen LogP contribution in [0, 0.1) is 17.7 Å². The minimum atomic E-state index is -0.338. The van der Waals surface area contributed by atoms with Crippen LogP contribution in [0.15, 0.2) is 78.9 Å². The largest absolute Gasteiger partial charge is 0.322 e. The van der Waals surface area contributed by atoms with Crippen LogP contribution in [0.5, 0.6) is 0 Å². The molecule has 0 aromatic heterocycles. The summed E-state index contributed by atoms with van der Waals surface area (Å²) in [5, 5.41) is 2.95. The molecule has 0 radical (unpaired) electrons. The molecule has 4 bridgehead atoms. The highest BCUT2D eigenvalue weighted by Crippen LogP contribution is 2.66. The molecule has 32 heavy (non-hydrogen) atoms. The maximum Gasteiger partial charge on any atom is 0.255 e. The first-order valence-corrected chi connectivity index (χ1v) is 11.8. The van der Waals surface area contributed by atoms with Gasteiger partial charge in [-0.05, 0) is 109 Å². The summed E-state index contributed by atoms with van der Waals surface area (Å²) in [5.74, 6) is 1.08. The smallest absolute Gasteiger partial charge is 0.255 e. The normalized spacial score (nSPS) is 30.3. The average Bonchev–Trinajstić information content (AvgIpc) is 2.80. The van der Waals surface area contributed by atoms with Crippen molar-refractivity contribution in [2.45, 2.75) is 49.4 Å². The van der Waals surface area contributed by atoms with E-state index in [4.69, 9.17) is 0 Å². The van der Waals surface area contributed by atoms with Gasteiger partial charge in [-0.3, -0.25) is 4.79 Å². The van der Waals surface area contributed by atoms with Gasteiger partial charge in [0, 0.05) is 11.3 Å². The van der Waals surface area contributed by atoms with E-state index in [9.17, 15) is 9.18 Å². The molecule has 3 aromatic carbocycles. The first kappa shape index (κ1) is 19.7. The quantitative estimate of drug-likeness (QED) is 0.486. The summed E-state index contributed by atoms with van der Waals surface area (Å²) in [4.78, 5) is 12.5. The molecular formula is C29H28FNO. The third-order valence-corrected chi connectivity index (χ3v) is 8.31. The maximum atomic E-state index is 13.1. The Bertz CT molecular complexity index is 1120. The second-order valence-corrected chi connectivity index (χ2v) is 10.4. The summed E-state index contributed by atoms with van der Waals surface area (Å²) in [5.41, 5.74) is 4.76. The number of halogens is 1. The molecule has 3 heteroatoms. The van der Waals surface area contributed by atoms with Gasteiger partial charge in [-0.15, -0.1) is 0 Å². The fraction of sp³-hybridized carbons (Fsp3) is 0.345. The lowest BCUT2D eigenvalue weighted by molar-refractivity contribution is -0.0281. The fourth-order valence-electron chi connectivity index (χ4n) is 7.44. The van der Waals surface area contributed by atoms with Crippen LogP contribution in [-0.4, -0.2) is 5.91 Å². The molecule has 4 saturated carbocycles. The monoisotopic (exact) mass is 425 g/mol. The van der Waals surface area contributed by atoms with Gasteiger partial charge >= 0.3 is 0 Å². The van der Waals surface area contributed by atoms with Crippen LogP contribution in [0.3, 0.4) is 0 Å². The molecule has 4 aliphatic carbocycles. The van der Waals surface area contributed by atoms with Crippen LogP contribution in [0.4, 0.5) is 10.1 Å². The van der Waals surface area contributed by atoms with Crippen molar-refractivity contribution in [2.75, 3.05) is 5.32 Å². The Hall–Kier alpha value is -2.94. The highest BCUT2D eigenvalue weighted by atomic mass is 19.1. The standard InChI is InChI=1S/C29H28FNO/c30-25-10-6-22(7-11-25)27(32)31-26-12-8-24(9-13-26)29-17-20-14-21(18-29)16-28(15-20,19-29)23-4-2-1-3-5-23/h1-13,20-21H,14-19H2,(H,31,32)/t20-,21-,28?,29?/m1/s1.